The highest BCUT2D eigenvalue weighted by molar-refractivity contribution is 6.30. The molecule has 8 rings (SSSR count). The number of hydrogen-bond acceptors (Lipinski definition) is 9. The van der Waals surface area contributed by atoms with Crippen molar-refractivity contribution in [2.24, 2.45) is 23.5 Å². The summed E-state index contributed by atoms with van der Waals surface area (Å²) < 4.78 is 41.4. The van der Waals surface area contributed by atoms with Gasteiger partial charge in [-0.25, -0.2) is 8.78 Å². The molecule has 4 heterocycles. The molecular weight excluding hydrogens is 851 g/mol. The van der Waals surface area contributed by atoms with E-state index in [0.29, 0.717) is 65.7 Å². The summed E-state index contributed by atoms with van der Waals surface area (Å²) in [5.41, 5.74) is 13.4. The first kappa shape index (κ1) is 49.6. The third-order valence-corrected chi connectivity index (χ3v) is 13.2. The van der Waals surface area contributed by atoms with E-state index in [4.69, 9.17) is 33.7 Å². The lowest BCUT2D eigenvalue weighted by Gasteiger charge is -2.31. The summed E-state index contributed by atoms with van der Waals surface area (Å²) in [4.78, 5) is 37.7. The molecule has 2 aromatic heterocycles. The zero-order chi connectivity index (χ0) is 44.5. The third kappa shape index (κ3) is 12.9. The van der Waals surface area contributed by atoms with Gasteiger partial charge >= 0.3 is 11.9 Å². The number of amides is 1. The highest BCUT2D eigenvalue weighted by Gasteiger charge is 2.32. The Bertz CT molecular complexity index is 2200. The van der Waals surface area contributed by atoms with Gasteiger partial charge in [0.05, 0.1) is 68.5 Å². The van der Waals surface area contributed by atoms with Crippen LogP contribution in [0.25, 0.3) is 0 Å². The molecule has 16 heteroatoms. The summed E-state index contributed by atoms with van der Waals surface area (Å²) in [6.45, 7) is 7.66. The fourth-order valence-electron chi connectivity index (χ4n) is 9.05. The zero-order valence-corrected chi connectivity index (χ0v) is 37.7. The fourth-order valence-corrected chi connectivity index (χ4v) is 9.37. The van der Waals surface area contributed by atoms with Gasteiger partial charge in [-0.15, -0.1) is 0 Å². The smallest absolute Gasteiger partial charge is 0.308 e. The molecular formula is C47H63Cl2F2N7O5. The van der Waals surface area contributed by atoms with Gasteiger partial charge in [-0.2, -0.15) is 10.2 Å². The molecule has 0 radical (unpaired) electrons. The van der Waals surface area contributed by atoms with Gasteiger partial charge in [0, 0.05) is 46.7 Å². The van der Waals surface area contributed by atoms with Gasteiger partial charge in [0.1, 0.15) is 11.6 Å². The Hall–Kier alpha value is -4.37. The minimum Gasteiger partial charge on any atom is -0.469 e. The minimum absolute atomic E-state index is 0. The number of esters is 2. The van der Waals surface area contributed by atoms with Crippen molar-refractivity contribution in [2.45, 2.75) is 124 Å². The first-order valence-corrected chi connectivity index (χ1v) is 22.4. The molecule has 2 fully saturated rings. The average molecular weight is 915 g/mol. The molecule has 4 aromatic rings. The molecule has 2 aliphatic carbocycles. The number of rotatable bonds is 8. The summed E-state index contributed by atoms with van der Waals surface area (Å²) in [5.74, 6) is -0.325. The Labute approximate surface area is 380 Å². The molecule has 344 valence electrons. The lowest BCUT2D eigenvalue weighted by Crippen LogP contribution is -2.38. The molecule has 4 aliphatic rings. The van der Waals surface area contributed by atoms with Crippen molar-refractivity contribution in [2.75, 3.05) is 27.3 Å². The van der Waals surface area contributed by atoms with Crippen molar-refractivity contribution in [3.05, 3.63) is 103 Å². The number of nitrogens with two attached hydrogens (primary N) is 1. The number of nitrogens with zero attached hydrogens (tertiary/aromatic N) is 5. The van der Waals surface area contributed by atoms with Gasteiger partial charge < -0.3 is 25.4 Å². The Morgan fingerprint density at radius 2 is 1.25 bits per heavy atom. The number of methoxy groups -OCH3 is 2. The average Bonchev–Trinajstić information content (AvgIpc) is 3.76. The third-order valence-electron chi connectivity index (χ3n) is 12.7. The second-order valence-corrected chi connectivity index (χ2v) is 17.8. The molecule has 2 aromatic carbocycles. The van der Waals surface area contributed by atoms with E-state index in [0.717, 1.165) is 106 Å². The molecule has 12 nitrogen and oxygen atoms in total. The maximum atomic E-state index is 14.3. The van der Waals surface area contributed by atoms with Crippen LogP contribution in [-0.2, 0) is 62.9 Å². The second-order valence-electron chi connectivity index (χ2n) is 16.9. The number of fused-ring (bicyclic) bond motifs is 2. The van der Waals surface area contributed by atoms with Crippen molar-refractivity contribution >= 4 is 41.0 Å². The van der Waals surface area contributed by atoms with E-state index in [-0.39, 0.29) is 48.7 Å². The van der Waals surface area contributed by atoms with Crippen molar-refractivity contribution in [1.82, 2.24) is 29.8 Å². The lowest BCUT2D eigenvalue weighted by molar-refractivity contribution is -0.147. The van der Waals surface area contributed by atoms with Crippen LogP contribution in [0, 0.1) is 43.2 Å². The first-order valence-electron chi connectivity index (χ1n) is 21.6. The van der Waals surface area contributed by atoms with Crippen molar-refractivity contribution < 1.29 is 32.6 Å². The number of carbonyl (C=O) groups excluding carboxylic acids is 3. The zero-order valence-electron chi connectivity index (χ0n) is 36.2. The van der Waals surface area contributed by atoms with E-state index in [1.165, 1.54) is 31.9 Å². The molecule has 2 aliphatic heterocycles. The summed E-state index contributed by atoms with van der Waals surface area (Å²) in [5, 5.41) is 13.3. The first-order chi connectivity index (χ1) is 29.7. The molecule has 0 saturated heterocycles. The fraction of sp³-hybridized carbons (Fsp3) is 0.553. The van der Waals surface area contributed by atoms with Gasteiger partial charge in [-0.3, -0.25) is 23.7 Å². The van der Waals surface area contributed by atoms with E-state index in [9.17, 15) is 23.2 Å². The van der Waals surface area contributed by atoms with Gasteiger partial charge in [-0.1, -0.05) is 42.8 Å². The van der Waals surface area contributed by atoms with Crippen LogP contribution in [0.15, 0.2) is 36.4 Å². The van der Waals surface area contributed by atoms with Gasteiger partial charge in [0.25, 0.3) is 0 Å². The van der Waals surface area contributed by atoms with Crippen molar-refractivity contribution in [3.8, 4) is 0 Å². The highest BCUT2D eigenvalue weighted by Crippen LogP contribution is 2.33. The number of aryl methyl sites for hydroxylation is 2. The number of ether oxygens (including phenoxy) is 2. The van der Waals surface area contributed by atoms with Crippen molar-refractivity contribution in [3.63, 3.8) is 0 Å². The quantitative estimate of drug-likeness (QED) is 0.167. The van der Waals surface area contributed by atoms with Crippen LogP contribution in [0.2, 0.25) is 10.0 Å². The monoisotopic (exact) mass is 913 g/mol. The number of halogens is 4. The molecule has 2 saturated carbocycles. The summed E-state index contributed by atoms with van der Waals surface area (Å²) in [6, 6.07) is 9.74. The largest absolute Gasteiger partial charge is 0.469 e. The SMILES string of the molecule is C.COC(=O)C1CCC(CC(=O)N2CCc3c(C)nn(Cc4ccc(Cl)cc4F)c3C2)CC1.COC(=O)C1CCC(N)CC1.Cc1nn(Cc2ccc(Cl)cc2F)c2c1CCNC2. The highest BCUT2D eigenvalue weighted by atomic mass is 35.5. The van der Waals surface area contributed by atoms with Crippen LogP contribution in [0.1, 0.15) is 110 Å². The summed E-state index contributed by atoms with van der Waals surface area (Å²) in [7, 11) is 2.87. The molecule has 63 heavy (non-hydrogen) atoms. The van der Waals surface area contributed by atoms with E-state index in [1.807, 2.05) is 28.1 Å². The van der Waals surface area contributed by atoms with E-state index in [2.05, 4.69) is 20.3 Å². The molecule has 0 bridgehead atoms. The molecule has 0 spiro atoms. The predicted octanol–water partition coefficient (Wildman–Crippen LogP) is 8.28. The van der Waals surface area contributed by atoms with Crippen LogP contribution in [-0.4, -0.2) is 75.7 Å². The molecule has 0 unspecified atom stereocenters. The number of benzene rings is 2. The lowest BCUT2D eigenvalue weighted by atomic mass is 9.80. The predicted molar refractivity (Wildman–Crippen MR) is 240 cm³/mol. The van der Waals surface area contributed by atoms with Crippen LogP contribution in [0.3, 0.4) is 0 Å². The summed E-state index contributed by atoms with van der Waals surface area (Å²) in [6.07, 6.45) is 9.27. The van der Waals surface area contributed by atoms with Crippen LogP contribution in [0.4, 0.5) is 8.78 Å². The van der Waals surface area contributed by atoms with Crippen LogP contribution in [0.5, 0.6) is 0 Å². The number of nitrogens with one attached hydrogen (secondary N) is 1. The van der Waals surface area contributed by atoms with Crippen LogP contribution < -0.4 is 11.1 Å². The van der Waals surface area contributed by atoms with E-state index in [1.54, 1.807) is 24.3 Å². The Morgan fingerprint density at radius 3 is 1.76 bits per heavy atom. The van der Waals surface area contributed by atoms with Gasteiger partial charge in [0.2, 0.25) is 5.91 Å². The minimum atomic E-state index is -0.356. The normalized spacial score (nSPS) is 20.4. The molecule has 3 N–H and O–H groups in total. The second kappa shape index (κ2) is 23.0. The number of carbonyl (C=O) groups is 3. The Balaban J connectivity index is 0.000000203. The number of aromatic nitrogens is 4. The standard InChI is InChI=1S/C24H29ClFN3O3.C14H15ClFN3.C8H15NO2.CH4/c1-15-20-9-10-28(23(30)11-16-3-5-17(6-4-16)24(31)32-2)14-22(20)29(27-15)13-18-7-8-19(25)12-21(18)26;1-9-12-4-5-17-7-14(12)19(18-9)8-10-2-3-11(15)6-13(10)16;1-11-8(10)6-2-4-7(9)5-3-6;/h7-8,12,16-17H,3-6,9-11,13-14H2,1-2H3;2-3,6,17H,4-5,7-8H2,1H3;6-7H,2-5,9H2,1H3;1H4. The maximum Gasteiger partial charge on any atom is 0.308 e. The topological polar surface area (TPSA) is 147 Å². The number of hydrogen-bond donors (Lipinski definition) is 2. The van der Waals surface area contributed by atoms with E-state index < -0.39 is 0 Å². The maximum absolute atomic E-state index is 14.3. The van der Waals surface area contributed by atoms with Crippen molar-refractivity contribution in [1.29, 1.82) is 0 Å². The molecule has 0 atom stereocenters. The van der Waals surface area contributed by atoms with Crippen LogP contribution >= 0.6 is 23.2 Å². The Morgan fingerprint density at radius 1 is 0.762 bits per heavy atom. The molecule has 1 amide bonds. The summed E-state index contributed by atoms with van der Waals surface area (Å²) >= 11 is 11.6. The van der Waals surface area contributed by atoms with E-state index >= 15 is 0 Å². The van der Waals surface area contributed by atoms with Gasteiger partial charge in [-0.05, 0) is 126 Å². The van der Waals surface area contributed by atoms with Gasteiger partial charge in [0.15, 0.2) is 0 Å². The Kier molecular flexibility index (Phi) is 18.1.